The number of terminal acetylenes is 1. The van der Waals surface area contributed by atoms with Crippen LogP contribution in [0, 0.1) is 18.2 Å². The monoisotopic (exact) mass is 205 g/mol. The van der Waals surface area contributed by atoms with Crippen LogP contribution in [0.15, 0.2) is 24.3 Å². The summed E-state index contributed by atoms with van der Waals surface area (Å²) < 4.78 is 12.8. The predicted octanol–water partition coefficient (Wildman–Crippen LogP) is 1.51. The number of benzene rings is 1. The highest BCUT2D eigenvalue weighted by Gasteiger charge is 2.01. The molecule has 1 aromatic rings. The summed E-state index contributed by atoms with van der Waals surface area (Å²) >= 11 is 0. The Morgan fingerprint density at radius 2 is 2.33 bits per heavy atom. The van der Waals surface area contributed by atoms with Gasteiger partial charge in [0.2, 0.25) is 5.91 Å². The van der Waals surface area contributed by atoms with E-state index in [-0.39, 0.29) is 18.3 Å². The predicted molar refractivity (Wildman–Crippen MR) is 56.6 cm³/mol. The van der Waals surface area contributed by atoms with E-state index in [0.29, 0.717) is 12.8 Å². The SMILES string of the molecule is C#CCNC(=O)CCc1cccc(F)c1. The Morgan fingerprint density at radius 1 is 1.53 bits per heavy atom. The van der Waals surface area contributed by atoms with E-state index in [9.17, 15) is 9.18 Å². The zero-order valence-corrected chi connectivity index (χ0v) is 8.29. The van der Waals surface area contributed by atoms with Crippen molar-refractivity contribution in [3.05, 3.63) is 35.6 Å². The van der Waals surface area contributed by atoms with Crippen molar-refractivity contribution >= 4 is 5.91 Å². The Bertz CT molecular complexity index is 381. The maximum Gasteiger partial charge on any atom is 0.221 e. The van der Waals surface area contributed by atoms with E-state index >= 15 is 0 Å². The first kappa shape index (κ1) is 11.3. The molecule has 0 aliphatic carbocycles. The average molecular weight is 205 g/mol. The maximum atomic E-state index is 12.8. The van der Waals surface area contributed by atoms with Gasteiger partial charge < -0.3 is 5.32 Å². The summed E-state index contributed by atoms with van der Waals surface area (Å²) in [5.41, 5.74) is 0.811. The number of amides is 1. The maximum absolute atomic E-state index is 12.8. The third-order valence-electron chi connectivity index (χ3n) is 1.92. The normalized spacial score (nSPS) is 9.33. The molecule has 0 radical (unpaired) electrons. The molecule has 0 heterocycles. The molecule has 0 saturated heterocycles. The van der Waals surface area contributed by atoms with Gasteiger partial charge in [0.1, 0.15) is 5.82 Å². The van der Waals surface area contributed by atoms with Crippen molar-refractivity contribution in [2.75, 3.05) is 6.54 Å². The fourth-order valence-electron chi connectivity index (χ4n) is 1.19. The molecular weight excluding hydrogens is 193 g/mol. The minimum Gasteiger partial charge on any atom is -0.345 e. The van der Waals surface area contributed by atoms with Gasteiger partial charge in [0.05, 0.1) is 6.54 Å². The quantitative estimate of drug-likeness (QED) is 0.742. The van der Waals surface area contributed by atoms with E-state index in [4.69, 9.17) is 6.42 Å². The molecule has 0 aliphatic heterocycles. The molecule has 0 unspecified atom stereocenters. The molecule has 0 saturated carbocycles. The second-order valence-electron chi connectivity index (χ2n) is 3.11. The summed E-state index contributed by atoms with van der Waals surface area (Å²) in [5.74, 6) is 1.92. The minimum atomic E-state index is -0.281. The van der Waals surface area contributed by atoms with E-state index in [1.807, 2.05) is 0 Å². The van der Waals surface area contributed by atoms with Crippen LogP contribution in [-0.4, -0.2) is 12.5 Å². The molecule has 78 valence electrons. The van der Waals surface area contributed by atoms with Crippen molar-refractivity contribution in [2.45, 2.75) is 12.8 Å². The molecule has 1 amide bonds. The zero-order chi connectivity index (χ0) is 11.1. The summed E-state index contributed by atoms with van der Waals surface area (Å²) in [6, 6.07) is 6.22. The number of halogens is 1. The molecule has 1 aromatic carbocycles. The van der Waals surface area contributed by atoms with Crippen molar-refractivity contribution in [1.29, 1.82) is 0 Å². The van der Waals surface area contributed by atoms with Crippen molar-refractivity contribution in [2.24, 2.45) is 0 Å². The van der Waals surface area contributed by atoms with Crippen LogP contribution in [0.3, 0.4) is 0 Å². The summed E-state index contributed by atoms with van der Waals surface area (Å²) in [6.07, 6.45) is 5.84. The molecule has 0 atom stereocenters. The lowest BCUT2D eigenvalue weighted by Gasteiger charge is -2.02. The molecule has 0 fully saturated rings. The molecule has 0 bridgehead atoms. The standard InChI is InChI=1S/C12H12FNO/c1-2-8-14-12(15)7-6-10-4-3-5-11(13)9-10/h1,3-5,9H,6-8H2,(H,14,15). The number of rotatable bonds is 4. The van der Waals surface area contributed by atoms with Gasteiger partial charge in [-0.1, -0.05) is 18.1 Å². The Labute approximate surface area is 88.5 Å². The van der Waals surface area contributed by atoms with Crippen LogP contribution >= 0.6 is 0 Å². The molecule has 0 spiro atoms. The van der Waals surface area contributed by atoms with E-state index in [2.05, 4.69) is 11.2 Å². The lowest BCUT2D eigenvalue weighted by Crippen LogP contribution is -2.23. The number of hydrogen-bond donors (Lipinski definition) is 1. The number of aryl methyl sites for hydroxylation is 1. The molecule has 2 nitrogen and oxygen atoms in total. The van der Waals surface area contributed by atoms with Gasteiger partial charge in [0.15, 0.2) is 0 Å². The Hall–Kier alpha value is -1.82. The van der Waals surface area contributed by atoms with E-state index in [1.54, 1.807) is 12.1 Å². The smallest absolute Gasteiger partial charge is 0.221 e. The van der Waals surface area contributed by atoms with E-state index < -0.39 is 0 Å². The van der Waals surface area contributed by atoms with Crippen molar-refractivity contribution in [1.82, 2.24) is 5.32 Å². The van der Waals surface area contributed by atoms with Crippen LogP contribution in [-0.2, 0) is 11.2 Å². The van der Waals surface area contributed by atoms with Gasteiger partial charge in [-0.3, -0.25) is 4.79 Å². The molecule has 15 heavy (non-hydrogen) atoms. The second kappa shape index (κ2) is 5.82. The lowest BCUT2D eigenvalue weighted by atomic mass is 10.1. The van der Waals surface area contributed by atoms with Crippen LogP contribution < -0.4 is 5.32 Å². The minimum absolute atomic E-state index is 0.114. The van der Waals surface area contributed by atoms with Crippen LogP contribution in [0.2, 0.25) is 0 Å². The lowest BCUT2D eigenvalue weighted by molar-refractivity contribution is -0.120. The van der Waals surface area contributed by atoms with Crippen LogP contribution in [0.4, 0.5) is 4.39 Å². The molecule has 3 heteroatoms. The van der Waals surface area contributed by atoms with E-state index in [1.165, 1.54) is 12.1 Å². The van der Waals surface area contributed by atoms with Crippen LogP contribution in [0.25, 0.3) is 0 Å². The van der Waals surface area contributed by atoms with Crippen molar-refractivity contribution in [3.63, 3.8) is 0 Å². The van der Waals surface area contributed by atoms with Gasteiger partial charge in [-0.25, -0.2) is 4.39 Å². The zero-order valence-electron chi connectivity index (χ0n) is 8.29. The van der Waals surface area contributed by atoms with Gasteiger partial charge in [0.25, 0.3) is 0 Å². The van der Waals surface area contributed by atoms with Crippen molar-refractivity contribution < 1.29 is 9.18 Å². The Morgan fingerprint density at radius 3 is 3.00 bits per heavy atom. The molecule has 1 N–H and O–H groups in total. The number of nitrogens with one attached hydrogen (secondary N) is 1. The summed E-state index contributed by atoms with van der Waals surface area (Å²) in [6.45, 7) is 0.238. The number of carbonyl (C=O) groups is 1. The van der Waals surface area contributed by atoms with Gasteiger partial charge in [-0.05, 0) is 24.1 Å². The fraction of sp³-hybridized carbons (Fsp3) is 0.250. The second-order valence-corrected chi connectivity index (χ2v) is 3.11. The first-order valence-electron chi connectivity index (χ1n) is 4.67. The topological polar surface area (TPSA) is 29.1 Å². The number of carbonyl (C=O) groups excluding carboxylic acids is 1. The Balaban J connectivity index is 2.37. The van der Waals surface area contributed by atoms with Crippen LogP contribution in [0.5, 0.6) is 0 Å². The highest BCUT2D eigenvalue weighted by molar-refractivity contribution is 5.76. The summed E-state index contributed by atoms with van der Waals surface area (Å²) in [7, 11) is 0. The van der Waals surface area contributed by atoms with Crippen LogP contribution in [0.1, 0.15) is 12.0 Å². The molecular formula is C12H12FNO. The first-order valence-corrected chi connectivity index (χ1v) is 4.67. The fourth-order valence-corrected chi connectivity index (χ4v) is 1.19. The first-order chi connectivity index (χ1) is 7.22. The van der Waals surface area contributed by atoms with Crippen molar-refractivity contribution in [3.8, 4) is 12.3 Å². The summed E-state index contributed by atoms with van der Waals surface area (Å²) in [5, 5.41) is 2.55. The van der Waals surface area contributed by atoms with E-state index in [0.717, 1.165) is 5.56 Å². The third-order valence-corrected chi connectivity index (χ3v) is 1.92. The average Bonchev–Trinajstić information content (AvgIpc) is 2.23. The third kappa shape index (κ3) is 4.28. The summed E-state index contributed by atoms with van der Waals surface area (Å²) in [4.78, 5) is 11.2. The highest BCUT2D eigenvalue weighted by atomic mass is 19.1. The van der Waals surface area contributed by atoms with Gasteiger partial charge in [0, 0.05) is 6.42 Å². The largest absolute Gasteiger partial charge is 0.345 e. The van der Waals surface area contributed by atoms with Gasteiger partial charge >= 0.3 is 0 Å². The van der Waals surface area contributed by atoms with Gasteiger partial charge in [-0.15, -0.1) is 6.42 Å². The molecule has 1 rings (SSSR count). The molecule has 0 aliphatic rings. The number of hydrogen-bond acceptors (Lipinski definition) is 1. The highest BCUT2D eigenvalue weighted by Crippen LogP contribution is 2.05. The van der Waals surface area contributed by atoms with Gasteiger partial charge in [-0.2, -0.15) is 0 Å². The Kier molecular flexibility index (Phi) is 4.36. The molecule has 0 aromatic heterocycles.